The Labute approximate surface area is 464 Å². The Hall–Kier alpha value is -2.29. The molecule has 0 radical (unpaired) electrons. The van der Waals surface area contributed by atoms with E-state index in [0.717, 1.165) is 57.8 Å². The lowest BCUT2D eigenvalue weighted by molar-refractivity contribution is -0.870. The normalized spacial score (nSPS) is 14.1. The predicted octanol–water partition coefficient (Wildman–Crippen LogP) is 18.8. The van der Waals surface area contributed by atoms with E-state index in [0.29, 0.717) is 17.4 Å². The van der Waals surface area contributed by atoms with Crippen LogP contribution in [0.5, 0.6) is 0 Å². The molecule has 0 aromatic carbocycles. The second-order valence-electron chi connectivity index (χ2n) is 22.6. The quantitative estimate of drug-likeness (QED) is 0.0212. The number of carbonyl (C=O) groups excluding carboxylic acids is 2. The molecule has 0 aromatic heterocycles. The third kappa shape index (κ3) is 56.2. The molecule has 0 aromatic rings. The van der Waals surface area contributed by atoms with Gasteiger partial charge in [0.15, 0.2) is 0 Å². The van der Waals surface area contributed by atoms with Crippen molar-refractivity contribution in [3.05, 3.63) is 60.8 Å². The summed E-state index contributed by atoms with van der Waals surface area (Å²) < 4.78 is 30.2. The lowest BCUT2D eigenvalue weighted by Gasteiger charge is -2.30. The van der Waals surface area contributed by atoms with Crippen molar-refractivity contribution in [2.75, 3.05) is 40.9 Å². The largest absolute Gasteiger partial charge is 0.756 e. The van der Waals surface area contributed by atoms with Gasteiger partial charge in [0.05, 0.1) is 33.8 Å². The summed E-state index contributed by atoms with van der Waals surface area (Å²) in [6, 6.07) is -0.917. The predicted molar refractivity (Wildman–Crippen MR) is 321 cm³/mol. The molecule has 0 aliphatic rings. The van der Waals surface area contributed by atoms with Crippen LogP contribution < -0.4 is 10.2 Å². The number of esters is 1. The minimum absolute atomic E-state index is 0.0316. The van der Waals surface area contributed by atoms with Crippen molar-refractivity contribution in [3.8, 4) is 0 Å². The highest BCUT2D eigenvalue weighted by molar-refractivity contribution is 7.45. The number of quaternary nitrogens is 1. The molecule has 1 amide bonds. The van der Waals surface area contributed by atoms with E-state index >= 15 is 0 Å². The number of ether oxygens (including phenoxy) is 1. The van der Waals surface area contributed by atoms with Crippen LogP contribution in [0.4, 0.5) is 0 Å². The molecular weight excluding hydrogens is 952 g/mol. The first-order valence-electron chi connectivity index (χ1n) is 31.6. The fraction of sp³-hybridized carbons (Fsp3) is 0.815. The molecule has 0 fully saturated rings. The van der Waals surface area contributed by atoms with E-state index < -0.39 is 26.6 Å². The maximum Gasteiger partial charge on any atom is 0.306 e. The van der Waals surface area contributed by atoms with E-state index in [1.54, 1.807) is 0 Å². The van der Waals surface area contributed by atoms with Gasteiger partial charge in [-0.1, -0.05) is 255 Å². The molecule has 438 valence electrons. The van der Waals surface area contributed by atoms with E-state index in [1.807, 2.05) is 39.4 Å². The zero-order chi connectivity index (χ0) is 55.0. The molecule has 9 nitrogen and oxygen atoms in total. The molecular formula is C65H121N2O7P. The van der Waals surface area contributed by atoms with Crippen molar-refractivity contribution < 1.29 is 37.3 Å². The van der Waals surface area contributed by atoms with Gasteiger partial charge in [0.2, 0.25) is 5.91 Å². The number of nitrogens with one attached hydrogen (secondary N) is 1. The minimum Gasteiger partial charge on any atom is -0.756 e. The molecule has 75 heavy (non-hydrogen) atoms. The van der Waals surface area contributed by atoms with Gasteiger partial charge in [-0.25, -0.2) is 0 Å². The van der Waals surface area contributed by atoms with Gasteiger partial charge in [0, 0.05) is 12.8 Å². The smallest absolute Gasteiger partial charge is 0.306 e. The van der Waals surface area contributed by atoms with E-state index in [-0.39, 0.29) is 31.3 Å². The molecule has 3 unspecified atom stereocenters. The number of rotatable bonds is 57. The van der Waals surface area contributed by atoms with Gasteiger partial charge in [-0.3, -0.25) is 14.2 Å². The van der Waals surface area contributed by atoms with Crippen molar-refractivity contribution in [1.82, 2.24) is 5.32 Å². The van der Waals surface area contributed by atoms with Crippen LogP contribution in [0.15, 0.2) is 60.8 Å². The number of likely N-dealkylation sites (N-methyl/N-ethyl adjacent to an activating group) is 1. The Morgan fingerprint density at radius 3 is 1.25 bits per heavy atom. The molecule has 3 atom stereocenters. The second kappa shape index (κ2) is 55.0. The van der Waals surface area contributed by atoms with Crippen LogP contribution in [-0.2, 0) is 27.9 Å². The van der Waals surface area contributed by atoms with Crippen LogP contribution in [0.25, 0.3) is 0 Å². The summed E-state index contributed by atoms with van der Waals surface area (Å²) in [4.78, 5) is 39.9. The molecule has 10 heteroatoms. The molecule has 0 heterocycles. The number of amides is 1. The highest BCUT2D eigenvalue weighted by Crippen LogP contribution is 2.38. The Balaban J connectivity index is 5.09. The number of carbonyl (C=O) groups is 2. The third-order valence-corrected chi connectivity index (χ3v) is 14.9. The zero-order valence-corrected chi connectivity index (χ0v) is 50.9. The maximum atomic E-state index is 13.4. The Morgan fingerprint density at radius 1 is 0.467 bits per heavy atom. The zero-order valence-electron chi connectivity index (χ0n) is 50.0. The molecule has 0 rings (SSSR count). The van der Waals surface area contributed by atoms with Crippen molar-refractivity contribution in [2.24, 2.45) is 0 Å². The average Bonchev–Trinajstić information content (AvgIpc) is 3.37. The SMILES string of the molecule is CCCCC/C=C\C/C=C\CCCCCCCCCCCCCCCCCC(=O)OC(/C=C\CCCCCCCCCCC)C(COP(=O)([O-])OCC[N+](C)(C)C)NC(=O)CC/C=C/C/C=C\CCCCCCCC. The van der Waals surface area contributed by atoms with Crippen molar-refractivity contribution in [3.63, 3.8) is 0 Å². The van der Waals surface area contributed by atoms with Crippen molar-refractivity contribution in [1.29, 1.82) is 0 Å². The van der Waals surface area contributed by atoms with Crippen LogP contribution in [0.3, 0.4) is 0 Å². The van der Waals surface area contributed by atoms with Gasteiger partial charge in [-0.05, 0) is 83.1 Å². The molecule has 0 bridgehead atoms. The fourth-order valence-electron chi connectivity index (χ4n) is 9.01. The van der Waals surface area contributed by atoms with Crippen LogP contribution in [-0.4, -0.2) is 69.4 Å². The Kier molecular flexibility index (Phi) is 53.4. The summed E-state index contributed by atoms with van der Waals surface area (Å²) in [6.45, 7) is 6.77. The molecule has 0 spiro atoms. The van der Waals surface area contributed by atoms with Gasteiger partial charge in [-0.2, -0.15) is 0 Å². The van der Waals surface area contributed by atoms with Crippen molar-refractivity contribution >= 4 is 19.7 Å². The minimum atomic E-state index is -4.71. The number of hydrogen-bond acceptors (Lipinski definition) is 7. The van der Waals surface area contributed by atoms with Crippen LogP contribution in [0.2, 0.25) is 0 Å². The third-order valence-electron chi connectivity index (χ3n) is 13.9. The van der Waals surface area contributed by atoms with Gasteiger partial charge in [-0.15, -0.1) is 0 Å². The van der Waals surface area contributed by atoms with Gasteiger partial charge in [0.25, 0.3) is 7.82 Å². The fourth-order valence-corrected chi connectivity index (χ4v) is 9.74. The average molecular weight is 1070 g/mol. The van der Waals surface area contributed by atoms with E-state index in [2.05, 4.69) is 68.6 Å². The molecule has 0 saturated carbocycles. The number of unbranched alkanes of at least 4 members (excludes halogenated alkanes) is 33. The summed E-state index contributed by atoms with van der Waals surface area (Å²) >= 11 is 0. The highest BCUT2D eigenvalue weighted by atomic mass is 31.2. The first kappa shape index (κ1) is 72.7. The van der Waals surface area contributed by atoms with E-state index in [1.165, 1.54) is 193 Å². The summed E-state index contributed by atoms with van der Waals surface area (Å²) in [5.74, 6) is -0.614. The maximum absolute atomic E-state index is 13.4. The second-order valence-corrected chi connectivity index (χ2v) is 24.0. The first-order valence-corrected chi connectivity index (χ1v) is 33.1. The van der Waals surface area contributed by atoms with Crippen LogP contribution >= 0.6 is 7.82 Å². The first-order chi connectivity index (χ1) is 36.4. The number of hydrogen-bond donors (Lipinski definition) is 1. The van der Waals surface area contributed by atoms with Gasteiger partial charge in [0.1, 0.15) is 19.3 Å². The molecule has 1 N–H and O–H groups in total. The number of phosphoric ester groups is 1. The lowest BCUT2D eigenvalue weighted by Crippen LogP contribution is -2.47. The lowest BCUT2D eigenvalue weighted by atomic mass is 10.0. The monoisotopic (exact) mass is 1070 g/mol. The number of allylic oxidation sites excluding steroid dienone is 9. The van der Waals surface area contributed by atoms with Crippen LogP contribution in [0.1, 0.15) is 290 Å². The summed E-state index contributed by atoms with van der Waals surface area (Å²) in [5.41, 5.74) is 0. The number of phosphoric acid groups is 1. The highest BCUT2D eigenvalue weighted by Gasteiger charge is 2.27. The molecule has 0 aliphatic carbocycles. The summed E-state index contributed by atoms with van der Waals surface area (Å²) in [6.07, 6.45) is 69.3. The van der Waals surface area contributed by atoms with Crippen LogP contribution in [0, 0.1) is 0 Å². The summed E-state index contributed by atoms with van der Waals surface area (Å²) in [5, 5.41) is 2.98. The van der Waals surface area contributed by atoms with Gasteiger partial charge < -0.3 is 28.5 Å². The Bertz CT molecular complexity index is 1470. The Morgan fingerprint density at radius 2 is 0.827 bits per heavy atom. The molecule has 0 saturated heterocycles. The van der Waals surface area contributed by atoms with Gasteiger partial charge >= 0.3 is 5.97 Å². The summed E-state index contributed by atoms with van der Waals surface area (Å²) in [7, 11) is 1.16. The molecule has 0 aliphatic heterocycles. The van der Waals surface area contributed by atoms with E-state index in [4.69, 9.17) is 13.8 Å². The van der Waals surface area contributed by atoms with Crippen molar-refractivity contribution in [2.45, 2.75) is 303 Å². The number of nitrogens with zero attached hydrogens (tertiary/aromatic N) is 1. The van der Waals surface area contributed by atoms with E-state index in [9.17, 15) is 19.0 Å². The topological polar surface area (TPSA) is 114 Å². The standard InChI is InChI=1S/C65H121N2O7P/c1-7-10-13-16-19-22-25-27-28-29-30-31-32-33-34-35-36-37-38-40-43-46-49-52-55-58-65(69)74-63(56-53-50-47-44-41-24-21-18-15-12-9-3)62(61-73-75(70,71)72-60-59-67(4,5)6)66-64(68)57-54-51-48-45-42-39-26-23-20-17-14-11-8-2/h19,22,27-28,39,42,48,51,53,56,62-63H,7-18,20-21,23-26,29-38,40-41,43-47,49-50,52,54-55,57-61H2,1-6H3,(H-,66,68,70,71)/b22-19-,28-27-,42-39-,51-48+,56-53-.